The first-order valence-corrected chi connectivity index (χ1v) is 12.9. The Labute approximate surface area is 191 Å². The Morgan fingerprint density at radius 2 is 1.19 bits per heavy atom. The van der Waals surface area contributed by atoms with Gasteiger partial charge in [0.15, 0.2) is 0 Å². The fraction of sp³-hybridized carbons (Fsp3) is 0.741. The Hall–Kier alpha value is -1.71. The van der Waals surface area contributed by atoms with Crippen LogP contribution in [0.3, 0.4) is 0 Å². The van der Waals surface area contributed by atoms with Gasteiger partial charge in [-0.1, -0.05) is 103 Å². The summed E-state index contributed by atoms with van der Waals surface area (Å²) >= 11 is 0. The van der Waals surface area contributed by atoms with Crippen LogP contribution in [0.15, 0.2) is 24.3 Å². The van der Waals surface area contributed by atoms with E-state index < -0.39 is 0 Å². The van der Waals surface area contributed by atoms with Crippen molar-refractivity contribution < 1.29 is 14.6 Å². The van der Waals surface area contributed by atoms with E-state index in [1.54, 1.807) is 24.3 Å². The molecule has 0 unspecified atom stereocenters. The van der Waals surface area contributed by atoms with Gasteiger partial charge < -0.3 is 15.2 Å². The molecule has 178 valence electrons. The van der Waals surface area contributed by atoms with Crippen LogP contribution in [0.5, 0.6) is 11.5 Å². The average Bonchev–Trinajstić information content (AvgIpc) is 2.77. The van der Waals surface area contributed by atoms with Crippen LogP contribution in [0, 0.1) is 0 Å². The molecule has 0 aromatic heterocycles. The van der Waals surface area contributed by atoms with E-state index in [0.29, 0.717) is 18.8 Å². The molecule has 0 radical (unpaired) electrons. The van der Waals surface area contributed by atoms with Gasteiger partial charge in [0.25, 0.3) is 0 Å². The van der Waals surface area contributed by atoms with Crippen molar-refractivity contribution in [1.82, 2.24) is 5.32 Å². The monoisotopic (exact) mass is 433 g/mol. The molecule has 0 saturated carbocycles. The number of aromatic hydroxyl groups is 1. The number of phenolic OH excluding ortho intramolecular Hbond substituents is 1. The summed E-state index contributed by atoms with van der Waals surface area (Å²) < 4.78 is 5.50. The second-order valence-electron chi connectivity index (χ2n) is 8.75. The van der Waals surface area contributed by atoms with Crippen molar-refractivity contribution in [2.24, 2.45) is 0 Å². The largest absolute Gasteiger partial charge is 0.508 e. The number of nitrogens with one attached hydrogen (secondary N) is 1. The van der Waals surface area contributed by atoms with Crippen molar-refractivity contribution in [1.29, 1.82) is 0 Å². The maximum atomic E-state index is 11.8. The summed E-state index contributed by atoms with van der Waals surface area (Å²) in [5.74, 6) is 0.923. The molecule has 1 aromatic carbocycles. The summed E-state index contributed by atoms with van der Waals surface area (Å²) in [5.41, 5.74) is 0. The van der Waals surface area contributed by atoms with E-state index in [2.05, 4.69) is 12.2 Å². The van der Waals surface area contributed by atoms with E-state index in [4.69, 9.17) is 4.74 Å². The first kappa shape index (κ1) is 27.3. The van der Waals surface area contributed by atoms with Crippen molar-refractivity contribution in [2.75, 3.05) is 13.2 Å². The van der Waals surface area contributed by atoms with E-state index in [-0.39, 0.29) is 11.7 Å². The van der Waals surface area contributed by atoms with Crippen molar-refractivity contribution in [3.05, 3.63) is 24.3 Å². The quantitative estimate of drug-likeness (QED) is 0.197. The highest BCUT2D eigenvalue weighted by atomic mass is 16.5. The molecule has 0 heterocycles. The summed E-state index contributed by atoms with van der Waals surface area (Å²) in [7, 11) is 0. The Balaban J connectivity index is 1.76. The van der Waals surface area contributed by atoms with Crippen LogP contribution in [0.25, 0.3) is 0 Å². The minimum atomic E-state index is 0.0414. The second kappa shape index (κ2) is 20.2. The first-order chi connectivity index (χ1) is 15.2. The number of carbonyl (C=O) groups is 1. The van der Waals surface area contributed by atoms with E-state index in [1.807, 2.05) is 0 Å². The molecule has 4 nitrogen and oxygen atoms in total. The van der Waals surface area contributed by atoms with Gasteiger partial charge in [0.2, 0.25) is 5.91 Å². The molecule has 0 aliphatic rings. The highest BCUT2D eigenvalue weighted by Crippen LogP contribution is 2.16. The topological polar surface area (TPSA) is 58.6 Å². The molecule has 0 aliphatic heterocycles. The van der Waals surface area contributed by atoms with Crippen LogP contribution >= 0.6 is 0 Å². The molecule has 4 heteroatoms. The lowest BCUT2D eigenvalue weighted by Gasteiger charge is -2.07. The highest BCUT2D eigenvalue weighted by molar-refractivity contribution is 5.75. The number of phenols is 1. The lowest BCUT2D eigenvalue weighted by atomic mass is 10.0. The van der Waals surface area contributed by atoms with Crippen molar-refractivity contribution in [3.63, 3.8) is 0 Å². The zero-order valence-corrected chi connectivity index (χ0v) is 20.0. The van der Waals surface area contributed by atoms with Crippen LogP contribution in [-0.2, 0) is 4.79 Å². The van der Waals surface area contributed by atoms with Crippen molar-refractivity contribution in [3.8, 4) is 11.5 Å². The molecular formula is C27H47NO3. The Bertz CT molecular complexity index is 530. The minimum absolute atomic E-state index is 0.0414. The Kier molecular flexibility index (Phi) is 17.8. The molecule has 0 aliphatic carbocycles. The summed E-state index contributed by atoms with van der Waals surface area (Å²) in [5, 5.41) is 12.2. The molecular weight excluding hydrogens is 386 g/mol. The zero-order valence-electron chi connectivity index (χ0n) is 20.0. The smallest absolute Gasteiger partial charge is 0.223 e. The normalized spacial score (nSPS) is 10.9. The molecule has 1 amide bonds. The molecule has 31 heavy (non-hydrogen) atoms. The molecule has 2 N–H and O–H groups in total. The molecule has 0 spiro atoms. The van der Waals surface area contributed by atoms with Crippen LogP contribution in [0.2, 0.25) is 0 Å². The van der Waals surface area contributed by atoms with Gasteiger partial charge >= 0.3 is 0 Å². The third-order valence-electron chi connectivity index (χ3n) is 5.79. The number of ether oxygens (including phenoxy) is 1. The van der Waals surface area contributed by atoms with E-state index in [9.17, 15) is 9.90 Å². The minimum Gasteiger partial charge on any atom is -0.508 e. The third-order valence-corrected chi connectivity index (χ3v) is 5.79. The SMILES string of the molecule is CCCCCCCCCCCCCCCCCCNC(=O)CCOc1ccc(O)cc1. The molecule has 0 fully saturated rings. The molecule has 0 atom stereocenters. The number of rotatable bonds is 21. The van der Waals surface area contributed by atoms with Crippen LogP contribution in [0.4, 0.5) is 0 Å². The fourth-order valence-corrected chi connectivity index (χ4v) is 3.79. The summed E-state index contributed by atoms with van der Waals surface area (Å²) in [6, 6.07) is 6.55. The highest BCUT2D eigenvalue weighted by Gasteiger charge is 2.02. The Morgan fingerprint density at radius 1 is 0.742 bits per heavy atom. The summed E-state index contributed by atoms with van der Waals surface area (Å²) in [4.78, 5) is 11.8. The lowest BCUT2D eigenvalue weighted by molar-refractivity contribution is -0.121. The van der Waals surface area contributed by atoms with Gasteiger partial charge in [-0.2, -0.15) is 0 Å². The molecule has 0 saturated heterocycles. The van der Waals surface area contributed by atoms with Gasteiger partial charge in [-0.25, -0.2) is 0 Å². The zero-order chi connectivity index (χ0) is 22.4. The predicted molar refractivity (Wildman–Crippen MR) is 131 cm³/mol. The average molecular weight is 434 g/mol. The van der Waals surface area contributed by atoms with Gasteiger partial charge in [0.1, 0.15) is 11.5 Å². The van der Waals surface area contributed by atoms with E-state index in [1.165, 1.54) is 96.3 Å². The standard InChI is InChI=1S/C27H47NO3/c1-2-3-4-5-6-7-8-9-10-11-12-13-14-15-16-17-23-28-27(30)22-24-31-26-20-18-25(29)19-21-26/h18-21,29H,2-17,22-24H2,1H3,(H,28,30). The molecule has 0 bridgehead atoms. The fourth-order valence-electron chi connectivity index (χ4n) is 3.79. The first-order valence-electron chi connectivity index (χ1n) is 12.9. The third kappa shape index (κ3) is 17.6. The maximum Gasteiger partial charge on any atom is 0.223 e. The second-order valence-corrected chi connectivity index (χ2v) is 8.75. The lowest BCUT2D eigenvalue weighted by Crippen LogP contribution is -2.25. The van der Waals surface area contributed by atoms with Crippen LogP contribution in [-0.4, -0.2) is 24.2 Å². The Morgan fingerprint density at radius 3 is 1.68 bits per heavy atom. The van der Waals surface area contributed by atoms with Gasteiger partial charge in [0.05, 0.1) is 13.0 Å². The maximum absolute atomic E-state index is 11.8. The number of unbranched alkanes of at least 4 members (excludes halogenated alkanes) is 15. The van der Waals surface area contributed by atoms with Gasteiger partial charge in [-0.05, 0) is 30.7 Å². The van der Waals surface area contributed by atoms with Gasteiger partial charge in [-0.15, -0.1) is 0 Å². The van der Waals surface area contributed by atoms with E-state index >= 15 is 0 Å². The summed E-state index contributed by atoms with van der Waals surface area (Å²) in [6.07, 6.45) is 22.1. The van der Waals surface area contributed by atoms with Crippen LogP contribution < -0.4 is 10.1 Å². The van der Waals surface area contributed by atoms with Gasteiger partial charge in [-0.3, -0.25) is 4.79 Å². The van der Waals surface area contributed by atoms with Gasteiger partial charge in [0, 0.05) is 6.54 Å². The van der Waals surface area contributed by atoms with Crippen molar-refractivity contribution >= 4 is 5.91 Å². The summed E-state index contributed by atoms with van der Waals surface area (Å²) in [6.45, 7) is 3.40. The molecule has 1 aromatic rings. The number of carbonyl (C=O) groups excluding carboxylic acids is 1. The number of benzene rings is 1. The number of hydrogen-bond donors (Lipinski definition) is 2. The molecule has 1 rings (SSSR count). The predicted octanol–water partition coefficient (Wildman–Crippen LogP) is 7.54. The number of amides is 1. The van der Waals surface area contributed by atoms with Crippen molar-refractivity contribution in [2.45, 2.75) is 116 Å². The van der Waals surface area contributed by atoms with E-state index in [0.717, 1.165) is 13.0 Å². The number of hydrogen-bond acceptors (Lipinski definition) is 3. The van der Waals surface area contributed by atoms with Crippen LogP contribution in [0.1, 0.15) is 116 Å².